The van der Waals surface area contributed by atoms with E-state index >= 15 is 0 Å². The van der Waals surface area contributed by atoms with Crippen LogP contribution in [0.25, 0.3) is 0 Å². The zero-order valence-corrected chi connectivity index (χ0v) is 17.4. The molecule has 1 spiro atoms. The second-order valence-electron chi connectivity index (χ2n) is 7.90. The summed E-state index contributed by atoms with van der Waals surface area (Å²) in [4.78, 5) is 16.0. The molecule has 1 amide bonds. The first kappa shape index (κ1) is 21.3. The first-order valence-corrected chi connectivity index (χ1v) is 11.1. The van der Waals surface area contributed by atoms with Gasteiger partial charge < -0.3 is 15.4 Å². The molecular weight excluding hydrogens is 430 g/mol. The Bertz CT molecular complexity index is 1160. The van der Waals surface area contributed by atoms with E-state index in [1.54, 1.807) is 0 Å². The van der Waals surface area contributed by atoms with Crippen LogP contribution >= 0.6 is 0 Å². The largest absolute Gasteiger partial charge is 0.379 e. The Morgan fingerprint density at radius 2 is 2.06 bits per heavy atom. The second-order valence-corrected chi connectivity index (χ2v) is 10.2. The van der Waals surface area contributed by atoms with Crippen LogP contribution in [-0.4, -0.2) is 48.9 Å². The van der Waals surface area contributed by atoms with Gasteiger partial charge in [0.25, 0.3) is 5.91 Å². The van der Waals surface area contributed by atoms with E-state index in [0.717, 1.165) is 18.3 Å². The fourth-order valence-corrected chi connectivity index (χ4v) is 6.25. The summed E-state index contributed by atoms with van der Waals surface area (Å²) in [5.41, 5.74) is -1.28. The predicted octanol–water partition coefficient (Wildman–Crippen LogP) is 1.98. The third-order valence-electron chi connectivity index (χ3n) is 5.69. The van der Waals surface area contributed by atoms with Crippen molar-refractivity contribution in [3.05, 3.63) is 59.4 Å². The Kier molecular flexibility index (Phi) is 5.05. The van der Waals surface area contributed by atoms with Crippen molar-refractivity contribution in [1.29, 1.82) is 5.41 Å². The number of ether oxygens (including phenoxy) is 1. The van der Waals surface area contributed by atoms with Crippen LogP contribution in [0.15, 0.2) is 36.5 Å². The Morgan fingerprint density at radius 1 is 1.29 bits per heavy atom. The summed E-state index contributed by atoms with van der Waals surface area (Å²) in [7, 11) is -3.84. The number of nitrogens with zero attached hydrogens (tertiary/aromatic N) is 1. The van der Waals surface area contributed by atoms with E-state index in [4.69, 9.17) is 10.1 Å². The predicted molar refractivity (Wildman–Crippen MR) is 109 cm³/mol. The number of amides is 1. The molecular formula is C20H20F2N4O4S. The van der Waals surface area contributed by atoms with Gasteiger partial charge in [-0.1, -0.05) is 0 Å². The quantitative estimate of drug-likeness (QED) is 0.658. The molecule has 0 bridgehead atoms. The Hall–Kier alpha value is -2.92. The van der Waals surface area contributed by atoms with Gasteiger partial charge in [-0.2, -0.15) is 0 Å². The molecule has 1 aromatic carbocycles. The normalized spacial score (nSPS) is 27.1. The summed E-state index contributed by atoms with van der Waals surface area (Å²) in [6.07, 6.45) is 1.07. The summed E-state index contributed by atoms with van der Waals surface area (Å²) in [5.74, 6) is -2.59. The van der Waals surface area contributed by atoms with Crippen molar-refractivity contribution in [2.75, 3.05) is 24.3 Å². The average Bonchev–Trinajstić information content (AvgIpc) is 3.20. The number of halogens is 2. The van der Waals surface area contributed by atoms with Gasteiger partial charge in [-0.05, 0) is 43.7 Å². The molecule has 2 aromatic rings. The van der Waals surface area contributed by atoms with E-state index in [9.17, 15) is 22.0 Å². The van der Waals surface area contributed by atoms with Crippen LogP contribution in [-0.2, 0) is 20.1 Å². The fourth-order valence-electron chi connectivity index (χ4n) is 3.96. The number of pyridine rings is 1. The highest BCUT2D eigenvalue weighted by molar-refractivity contribution is 7.93. The minimum Gasteiger partial charge on any atom is -0.379 e. The van der Waals surface area contributed by atoms with Gasteiger partial charge >= 0.3 is 0 Å². The SMILES string of the molecule is C[C@@]1(c2cc(NC(=O)c3ccc(F)cn3)ccc2F)CS(=O)(=O)[C@@]2(CCOC2)C(=N)N1. The van der Waals surface area contributed by atoms with Crippen LogP contribution in [0.2, 0.25) is 0 Å². The van der Waals surface area contributed by atoms with Crippen molar-refractivity contribution >= 4 is 27.3 Å². The molecule has 1 aromatic heterocycles. The van der Waals surface area contributed by atoms with E-state index < -0.39 is 43.4 Å². The van der Waals surface area contributed by atoms with Gasteiger partial charge in [0, 0.05) is 17.9 Å². The molecule has 0 aliphatic carbocycles. The first-order chi connectivity index (χ1) is 14.6. The highest BCUT2D eigenvalue weighted by Gasteiger charge is 2.58. The number of carbonyl (C=O) groups is 1. The number of carbonyl (C=O) groups excluding carboxylic acids is 1. The molecule has 0 radical (unpaired) electrons. The maximum absolute atomic E-state index is 14.8. The number of benzene rings is 1. The number of aromatic nitrogens is 1. The van der Waals surface area contributed by atoms with Crippen LogP contribution < -0.4 is 10.6 Å². The van der Waals surface area contributed by atoms with Gasteiger partial charge in [0.2, 0.25) is 0 Å². The van der Waals surface area contributed by atoms with Gasteiger partial charge in [-0.25, -0.2) is 22.2 Å². The zero-order chi connectivity index (χ0) is 22.4. The van der Waals surface area contributed by atoms with Crippen molar-refractivity contribution in [2.24, 2.45) is 0 Å². The number of sulfone groups is 1. The van der Waals surface area contributed by atoms with Gasteiger partial charge in [0.15, 0.2) is 14.6 Å². The molecule has 0 saturated carbocycles. The Balaban J connectivity index is 1.64. The van der Waals surface area contributed by atoms with Crippen molar-refractivity contribution in [3.8, 4) is 0 Å². The molecule has 2 atom stereocenters. The van der Waals surface area contributed by atoms with Gasteiger partial charge in [-0.3, -0.25) is 10.2 Å². The van der Waals surface area contributed by atoms with E-state index in [0.29, 0.717) is 0 Å². The van der Waals surface area contributed by atoms with Crippen molar-refractivity contribution < 1.29 is 26.7 Å². The minimum atomic E-state index is -3.84. The molecule has 4 rings (SSSR count). The van der Waals surface area contributed by atoms with E-state index in [1.807, 2.05) is 0 Å². The molecule has 2 aliphatic heterocycles. The summed E-state index contributed by atoms with van der Waals surface area (Å²) in [6.45, 7) is 1.61. The van der Waals surface area contributed by atoms with Crippen LogP contribution in [0, 0.1) is 17.0 Å². The number of hydrogen-bond donors (Lipinski definition) is 3. The molecule has 2 fully saturated rings. The van der Waals surface area contributed by atoms with Crippen molar-refractivity contribution in [3.63, 3.8) is 0 Å². The van der Waals surface area contributed by atoms with Gasteiger partial charge in [0.1, 0.15) is 23.2 Å². The Labute approximate surface area is 177 Å². The third-order valence-corrected chi connectivity index (χ3v) is 8.37. The number of amidine groups is 1. The highest BCUT2D eigenvalue weighted by Crippen LogP contribution is 2.40. The molecule has 3 N–H and O–H groups in total. The standard InChI is InChI=1S/C20H20F2N4O4S/c1-19(11-31(28,29)20(18(23)26-19)6-7-30-10-20)14-8-13(3-4-15(14)22)25-17(27)16-5-2-12(21)9-24-16/h2-5,8-9H,6-7,10-11H2,1H3,(H2,23,26)(H,25,27)/t19-,20+/m0/s1. The lowest BCUT2D eigenvalue weighted by Crippen LogP contribution is -2.66. The zero-order valence-electron chi connectivity index (χ0n) is 16.5. The lowest BCUT2D eigenvalue weighted by Gasteiger charge is -2.44. The van der Waals surface area contributed by atoms with Crippen LogP contribution in [0.5, 0.6) is 0 Å². The van der Waals surface area contributed by atoms with Crippen LogP contribution in [0.1, 0.15) is 29.4 Å². The number of hydrogen-bond acceptors (Lipinski definition) is 6. The van der Waals surface area contributed by atoms with Crippen molar-refractivity contribution in [1.82, 2.24) is 10.3 Å². The molecule has 2 aliphatic rings. The Morgan fingerprint density at radius 3 is 2.68 bits per heavy atom. The average molecular weight is 450 g/mol. The smallest absolute Gasteiger partial charge is 0.274 e. The lowest BCUT2D eigenvalue weighted by atomic mass is 9.90. The highest BCUT2D eigenvalue weighted by atomic mass is 32.2. The van der Waals surface area contributed by atoms with Crippen molar-refractivity contribution in [2.45, 2.75) is 23.6 Å². The summed E-state index contributed by atoms with van der Waals surface area (Å²) in [6, 6.07) is 6.03. The van der Waals surface area contributed by atoms with Gasteiger partial charge in [-0.15, -0.1) is 0 Å². The maximum atomic E-state index is 14.8. The molecule has 3 heterocycles. The van der Waals surface area contributed by atoms with Crippen LogP contribution in [0.4, 0.5) is 14.5 Å². The summed E-state index contributed by atoms with van der Waals surface area (Å²) in [5, 5.41) is 13.8. The lowest BCUT2D eigenvalue weighted by molar-refractivity contribution is 0.102. The summed E-state index contributed by atoms with van der Waals surface area (Å²) < 4.78 is 57.8. The van der Waals surface area contributed by atoms with E-state index in [-0.39, 0.29) is 42.4 Å². The molecule has 11 heteroatoms. The molecule has 31 heavy (non-hydrogen) atoms. The maximum Gasteiger partial charge on any atom is 0.274 e. The molecule has 8 nitrogen and oxygen atoms in total. The topological polar surface area (TPSA) is 121 Å². The minimum absolute atomic E-state index is 0.0144. The monoisotopic (exact) mass is 450 g/mol. The van der Waals surface area contributed by atoms with Crippen LogP contribution in [0.3, 0.4) is 0 Å². The van der Waals surface area contributed by atoms with Gasteiger partial charge in [0.05, 0.1) is 24.1 Å². The number of nitrogens with one attached hydrogen (secondary N) is 3. The molecule has 0 unspecified atom stereocenters. The van der Waals surface area contributed by atoms with E-state index in [1.165, 1.54) is 25.1 Å². The molecule has 164 valence electrons. The first-order valence-electron chi connectivity index (χ1n) is 9.47. The number of anilines is 1. The fraction of sp³-hybridized carbons (Fsp3) is 0.350. The molecule has 2 saturated heterocycles. The summed E-state index contributed by atoms with van der Waals surface area (Å²) >= 11 is 0. The second kappa shape index (κ2) is 7.34. The van der Waals surface area contributed by atoms with E-state index in [2.05, 4.69) is 15.6 Å². The number of rotatable bonds is 3. The third kappa shape index (κ3) is 3.57.